The first-order valence-corrected chi connectivity index (χ1v) is 5.92. The Balaban J connectivity index is 2.63. The van der Waals surface area contributed by atoms with Crippen LogP contribution < -0.4 is 5.32 Å². The minimum absolute atomic E-state index is 0.147. The lowest BCUT2D eigenvalue weighted by Gasteiger charge is -2.00. The Morgan fingerprint density at radius 3 is 2.87 bits per heavy atom. The maximum absolute atomic E-state index is 13.1. The SMILES string of the molecule is CCc1c(CNC)sc2ccc(F)cc12. The quantitative estimate of drug-likeness (QED) is 0.841. The summed E-state index contributed by atoms with van der Waals surface area (Å²) in [5, 5.41) is 4.23. The molecule has 0 atom stereocenters. The van der Waals surface area contributed by atoms with Gasteiger partial charge in [-0.3, -0.25) is 0 Å². The van der Waals surface area contributed by atoms with E-state index < -0.39 is 0 Å². The van der Waals surface area contributed by atoms with Crippen molar-refractivity contribution in [1.82, 2.24) is 5.32 Å². The van der Waals surface area contributed by atoms with Gasteiger partial charge in [-0.05, 0) is 42.6 Å². The normalized spacial score (nSPS) is 11.1. The lowest BCUT2D eigenvalue weighted by molar-refractivity contribution is 0.629. The van der Waals surface area contributed by atoms with Crippen LogP contribution in [0.3, 0.4) is 0 Å². The van der Waals surface area contributed by atoms with Gasteiger partial charge in [0, 0.05) is 16.1 Å². The third kappa shape index (κ3) is 1.90. The summed E-state index contributed by atoms with van der Waals surface area (Å²) >= 11 is 1.75. The number of halogens is 1. The molecule has 1 N–H and O–H groups in total. The summed E-state index contributed by atoms with van der Waals surface area (Å²) in [5.74, 6) is -0.147. The summed E-state index contributed by atoms with van der Waals surface area (Å²) in [7, 11) is 1.93. The first-order chi connectivity index (χ1) is 7.26. The van der Waals surface area contributed by atoms with Crippen LogP contribution in [0.5, 0.6) is 0 Å². The van der Waals surface area contributed by atoms with Crippen LogP contribution >= 0.6 is 11.3 Å². The van der Waals surface area contributed by atoms with Gasteiger partial charge in [0.25, 0.3) is 0 Å². The second kappa shape index (κ2) is 4.29. The van der Waals surface area contributed by atoms with Gasteiger partial charge in [0.1, 0.15) is 5.82 Å². The van der Waals surface area contributed by atoms with E-state index in [1.54, 1.807) is 17.4 Å². The van der Waals surface area contributed by atoms with Gasteiger partial charge in [0.15, 0.2) is 0 Å². The molecule has 1 aromatic carbocycles. The van der Waals surface area contributed by atoms with Crippen molar-refractivity contribution >= 4 is 21.4 Å². The highest BCUT2D eigenvalue weighted by Gasteiger charge is 2.10. The average molecular weight is 223 g/mol. The lowest BCUT2D eigenvalue weighted by Crippen LogP contribution is -2.04. The van der Waals surface area contributed by atoms with E-state index in [9.17, 15) is 4.39 Å². The van der Waals surface area contributed by atoms with E-state index in [0.29, 0.717) is 0 Å². The summed E-state index contributed by atoms with van der Waals surface area (Å²) < 4.78 is 14.3. The second-order valence-corrected chi connectivity index (χ2v) is 4.66. The molecule has 0 saturated carbocycles. The van der Waals surface area contributed by atoms with E-state index in [1.807, 2.05) is 13.1 Å². The maximum atomic E-state index is 13.1. The predicted octanol–water partition coefficient (Wildman–Crippen LogP) is 3.32. The van der Waals surface area contributed by atoms with E-state index in [2.05, 4.69) is 12.2 Å². The highest BCUT2D eigenvalue weighted by Crippen LogP contribution is 2.32. The molecule has 1 heterocycles. The Morgan fingerprint density at radius 2 is 2.20 bits per heavy atom. The molecule has 1 aromatic heterocycles. The predicted molar refractivity (Wildman–Crippen MR) is 63.9 cm³/mol. The topological polar surface area (TPSA) is 12.0 Å². The summed E-state index contributed by atoms with van der Waals surface area (Å²) in [5.41, 5.74) is 1.28. The molecule has 2 rings (SSSR count). The Bertz CT molecular complexity index is 476. The van der Waals surface area contributed by atoms with Crippen LogP contribution in [0.4, 0.5) is 4.39 Å². The van der Waals surface area contributed by atoms with Gasteiger partial charge in [0.05, 0.1) is 0 Å². The molecule has 0 radical (unpaired) electrons. The van der Waals surface area contributed by atoms with Gasteiger partial charge in [-0.1, -0.05) is 6.92 Å². The molecule has 0 spiro atoms. The Hall–Kier alpha value is -0.930. The second-order valence-electron chi connectivity index (χ2n) is 3.53. The zero-order valence-electron chi connectivity index (χ0n) is 8.93. The van der Waals surface area contributed by atoms with Crippen molar-refractivity contribution in [2.75, 3.05) is 7.05 Å². The molecule has 2 aromatic rings. The first-order valence-electron chi connectivity index (χ1n) is 5.10. The van der Waals surface area contributed by atoms with Crippen LogP contribution in [-0.4, -0.2) is 7.05 Å². The van der Waals surface area contributed by atoms with Crippen LogP contribution in [0.15, 0.2) is 18.2 Å². The molecule has 80 valence electrons. The molecule has 0 unspecified atom stereocenters. The Labute approximate surface area is 92.9 Å². The van der Waals surface area contributed by atoms with Crippen molar-refractivity contribution < 1.29 is 4.39 Å². The van der Waals surface area contributed by atoms with Gasteiger partial charge in [-0.2, -0.15) is 0 Å². The summed E-state index contributed by atoms with van der Waals surface area (Å²) in [6.07, 6.45) is 0.959. The van der Waals surface area contributed by atoms with Crippen molar-refractivity contribution in [1.29, 1.82) is 0 Å². The van der Waals surface area contributed by atoms with Gasteiger partial charge < -0.3 is 5.32 Å². The molecular formula is C12H14FNS. The third-order valence-corrected chi connectivity index (χ3v) is 3.74. The molecule has 0 aliphatic heterocycles. The molecule has 0 aliphatic carbocycles. The highest BCUT2D eigenvalue weighted by atomic mass is 32.1. The summed E-state index contributed by atoms with van der Waals surface area (Å²) in [4.78, 5) is 1.32. The van der Waals surface area contributed by atoms with Crippen molar-refractivity contribution in [3.05, 3.63) is 34.5 Å². The van der Waals surface area contributed by atoms with Crippen LogP contribution in [0.1, 0.15) is 17.4 Å². The number of hydrogen-bond donors (Lipinski definition) is 1. The van der Waals surface area contributed by atoms with Crippen molar-refractivity contribution in [2.45, 2.75) is 19.9 Å². The van der Waals surface area contributed by atoms with Crippen molar-refractivity contribution in [2.24, 2.45) is 0 Å². The number of benzene rings is 1. The van der Waals surface area contributed by atoms with Crippen molar-refractivity contribution in [3.8, 4) is 0 Å². The van der Waals surface area contributed by atoms with Gasteiger partial charge in [-0.15, -0.1) is 11.3 Å². The molecule has 0 fully saturated rings. The molecule has 0 saturated heterocycles. The van der Waals surface area contributed by atoms with Crippen LogP contribution in [0.25, 0.3) is 10.1 Å². The lowest BCUT2D eigenvalue weighted by atomic mass is 10.1. The fourth-order valence-corrected chi connectivity index (χ4v) is 3.15. The van der Waals surface area contributed by atoms with E-state index in [1.165, 1.54) is 21.2 Å². The fourth-order valence-electron chi connectivity index (χ4n) is 1.86. The van der Waals surface area contributed by atoms with Crippen LogP contribution in [0, 0.1) is 5.82 Å². The zero-order chi connectivity index (χ0) is 10.8. The molecule has 1 nitrogen and oxygen atoms in total. The first kappa shape index (κ1) is 10.6. The van der Waals surface area contributed by atoms with Crippen molar-refractivity contribution in [3.63, 3.8) is 0 Å². The maximum Gasteiger partial charge on any atom is 0.123 e. The standard InChI is InChI=1S/C12H14FNS/c1-3-9-10-6-8(13)4-5-11(10)15-12(9)7-14-2/h4-6,14H,3,7H2,1-2H3. The Kier molecular flexibility index (Phi) is 3.03. The van der Waals surface area contributed by atoms with Gasteiger partial charge in [-0.25, -0.2) is 4.39 Å². The monoisotopic (exact) mass is 223 g/mol. The number of rotatable bonds is 3. The van der Waals surface area contributed by atoms with Gasteiger partial charge >= 0.3 is 0 Å². The molecule has 15 heavy (non-hydrogen) atoms. The molecule has 3 heteroatoms. The van der Waals surface area contributed by atoms with E-state index >= 15 is 0 Å². The average Bonchev–Trinajstić information content (AvgIpc) is 2.55. The Morgan fingerprint density at radius 1 is 1.40 bits per heavy atom. The van der Waals surface area contributed by atoms with Gasteiger partial charge in [0.2, 0.25) is 0 Å². The fraction of sp³-hybridized carbons (Fsp3) is 0.333. The minimum atomic E-state index is -0.147. The third-order valence-electron chi connectivity index (χ3n) is 2.53. The smallest absolute Gasteiger partial charge is 0.123 e. The number of aryl methyl sites for hydroxylation is 1. The number of fused-ring (bicyclic) bond motifs is 1. The van der Waals surface area contributed by atoms with Crippen LogP contribution in [-0.2, 0) is 13.0 Å². The number of nitrogens with one attached hydrogen (secondary N) is 1. The van der Waals surface area contributed by atoms with E-state index in [0.717, 1.165) is 18.4 Å². The summed E-state index contributed by atoms with van der Waals surface area (Å²) in [6.45, 7) is 2.98. The number of thiophene rings is 1. The largest absolute Gasteiger partial charge is 0.315 e. The highest BCUT2D eigenvalue weighted by molar-refractivity contribution is 7.19. The zero-order valence-corrected chi connectivity index (χ0v) is 9.75. The number of hydrogen-bond acceptors (Lipinski definition) is 2. The molecule has 0 amide bonds. The minimum Gasteiger partial charge on any atom is -0.315 e. The van der Waals surface area contributed by atoms with E-state index in [4.69, 9.17) is 0 Å². The summed E-state index contributed by atoms with van der Waals surface area (Å²) in [6, 6.07) is 5.04. The molecule has 0 aliphatic rings. The van der Waals surface area contributed by atoms with E-state index in [-0.39, 0.29) is 5.82 Å². The molecular weight excluding hydrogens is 209 g/mol. The molecule has 0 bridgehead atoms. The van der Waals surface area contributed by atoms with Crippen LogP contribution in [0.2, 0.25) is 0 Å².